The van der Waals surface area contributed by atoms with Crippen molar-refractivity contribution in [3.8, 4) is 5.75 Å². The first kappa shape index (κ1) is 11.8. The lowest BCUT2D eigenvalue weighted by Crippen LogP contribution is -2.27. The molecule has 1 atom stereocenters. The van der Waals surface area contributed by atoms with Gasteiger partial charge in [0.25, 0.3) is 0 Å². The number of phenolic OH excluding ortho intramolecular Hbond substituents is 1. The van der Waals surface area contributed by atoms with Gasteiger partial charge >= 0.3 is 0 Å². The van der Waals surface area contributed by atoms with Gasteiger partial charge in [0.1, 0.15) is 0 Å². The molecule has 1 aromatic rings. The Hall–Kier alpha value is -0.680. The molecule has 0 saturated carbocycles. The zero-order valence-electron chi connectivity index (χ0n) is 8.56. The van der Waals surface area contributed by atoms with E-state index in [0.717, 1.165) is 25.8 Å². The number of benzene rings is 1. The summed E-state index contributed by atoms with van der Waals surface area (Å²) in [6, 6.07) is 1.34. The summed E-state index contributed by atoms with van der Waals surface area (Å²) in [5.74, 6) is -2.81. The molecule has 1 aliphatic rings. The van der Waals surface area contributed by atoms with E-state index in [-0.39, 0.29) is 10.5 Å². The van der Waals surface area contributed by atoms with Gasteiger partial charge < -0.3 is 10.4 Å². The fourth-order valence-corrected chi connectivity index (χ4v) is 2.41. The minimum atomic E-state index is -1.18. The SMILES string of the molecule is Oc1c([C@H]2CCCCN2)cc(Br)c(F)c1F. The van der Waals surface area contributed by atoms with Crippen LogP contribution in [-0.4, -0.2) is 11.7 Å². The average molecular weight is 292 g/mol. The van der Waals surface area contributed by atoms with Crippen molar-refractivity contribution in [2.24, 2.45) is 0 Å². The van der Waals surface area contributed by atoms with Gasteiger partial charge in [0.2, 0.25) is 5.82 Å². The molecule has 2 N–H and O–H groups in total. The van der Waals surface area contributed by atoms with Gasteiger partial charge in [-0.3, -0.25) is 0 Å². The summed E-state index contributed by atoms with van der Waals surface area (Å²) in [5, 5.41) is 12.8. The number of aromatic hydroxyl groups is 1. The number of halogens is 3. The molecular weight excluding hydrogens is 280 g/mol. The second kappa shape index (κ2) is 4.67. The first-order chi connectivity index (χ1) is 7.61. The molecule has 2 rings (SSSR count). The summed E-state index contributed by atoms with van der Waals surface area (Å²) in [7, 11) is 0. The summed E-state index contributed by atoms with van der Waals surface area (Å²) in [6.07, 6.45) is 2.92. The van der Waals surface area contributed by atoms with Crippen molar-refractivity contribution in [2.45, 2.75) is 25.3 Å². The highest BCUT2D eigenvalue weighted by atomic mass is 79.9. The van der Waals surface area contributed by atoms with Crippen molar-refractivity contribution in [2.75, 3.05) is 6.54 Å². The molecule has 1 aromatic carbocycles. The van der Waals surface area contributed by atoms with E-state index in [0.29, 0.717) is 5.56 Å². The van der Waals surface area contributed by atoms with E-state index in [1.807, 2.05) is 0 Å². The first-order valence-corrected chi connectivity index (χ1v) is 6.00. The largest absolute Gasteiger partial charge is 0.505 e. The molecule has 2 nitrogen and oxygen atoms in total. The van der Waals surface area contributed by atoms with Crippen LogP contribution >= 0.6 is 15.9 Å². The van der Waals surface area contributed by atoms with E-state index in [1.165, 1.54) is 6.07 Å². The fourth-order valence-electron chi connectivity index (χ4n) is 1.99. The Morgan fingerprint density at radius 2 is 2.06 bits per heavy atom. The topological polar surface area (TPSA) is 32.3 Å². The van der Waals surface area contributed by atoms with Crippen molar-refractivity contribution >= 4 is 15.9 Å². The third-order valence-electron chi connectivity index (χ3n) is 2.85. The molecule has 0 aliphatic carbocycles. The van der Waals surface area contributed by atoms with Gasteiger partial charge in [-0.2, -0.15) is 4.39 Å². The molecular formula is C11H12BrF2NO. The highest BCUT2D eigenvalue weighted by molar-refractivity contribution is 9.10. The van der Waals surface area contributed by atoms with Gasteiger partial charge in [-0.05, 0) is 41.4 Å². The Labute approximate surface area is 101 Å². The van der Waals surface area contributed by atoms with Crippen LogP contribution in [0.15, 0.2) is 10.5 Å². The minimum absolute atomic E-state index is 0.0465. The second-order valence-electron chi connectivity index (χ2n) is 3.93. The molecule has 5 heteroatoms. The Morgan fingerprint density at radius 1 is 1.31 bits per heavy atom. The molecule has 0 radical (unpaired) electrons. The van der Waals surface area contributed by atoms with Crippen LogP contribution < -0.4 is 5.32 Å². The molecule has 1 fully saturated rings. The summed E-state index contributed by atoms with van der Waals surface area (Å²) in [5.41, 5.74) is 0.422. The molecule has 1 heterocycles. The highest BCUT2D eigenvalue weighted by Crippen LogP contribution is 2.36. The van der Waals surface area contributed by atoms with Crippen LogP contribution in [0.2, 0.25) is 0 Å². The maximum absolute atomic E-state index is 13.3. The summed E-state index contributed by atoms with van der Waals surface area (Å²) in [6.45, 7) is 0.834. The van der Waals surface area contributed by atoms with Crippen LogP contribution in [0, 0.1) is 11.6 Å². The van der Waals surface area contributed by atoms with E-state index in [2.05, 4.69) is 21.2 Å². The van der Waals surface area contributed by atoms with Gasteiger partial charge in [-0.25, -0.2) is 4.39 Å². The Morgan fingerprint density at radius 3 is 2.69 bits per heavy atom. The summed E-state index contributed by atoms with van der Waals surface area (Å²) >= 11 is 2.94. The Balaban J connectivity index is 2.40. The maximum Gasteiger partial charge on any atom is 0.201 e. The predicted molar refractivity (Wildman–Crippen MR) is 60.3 cm³/mol. The van der Waals surface area contributed by atoms with Gasteiger partial charge in [0.15, 0.2) is 11.6 Å². The smallest absolute Gasteiger partial charge is 0.201 e. The third kappa shape index (κ3) is 2.06. The third-order valence-corrected chi connectivity index (χ3v) is 3.43. The van der Waals surface area contributed by atoms with Gasteiger partial charge in [0, 0.05) is 11.6 Å². The number of nitrogens with one attached hydrogen (secondary N) is 1. The van der Waals surface area contributed by atoms with Crippen LogP contribution in [0.5, 0.6) is 5.75 Å². The molecule has 16 heavy (non-hydrogen) atoms. The van der Waals surface area contributed by atoms with E-state index >= 15 is 0 Å². The van der Waals surface area contributed by atoms with E-state index < -0.39 is 17.4 Å². The lowest BCUT2D eigenvalue weighted by molar-refractivity contribution is 0.366. The van der Waals surface area contributed by atoms with Crippen molar-refractivity contribution in [1.82, 2.24) is 5.32 Å². The monoisotopic (exact) mass is 291 g/mol. The molecule has 1 saturated heterocycles. The standard InChI is InChI=1S/C11H12BrF2NO/c12-7-5-6(8-3-1-2-4-15-8)11(16)10(14)9(7)13/h5,8,15-16H,1-4H2/t8-/m1/s1. The van der Waals surface area contributed by atoms with Crippen LogP contribution in [0.3, 0.4) is 0 Å². The van der Waals surface area contributed by atoms with Crippen molar-refractivity contribution in [3.05, 3.63) is 27.7 Å². The number of hydrogen-bond donors (Lipinski definition) is 2. The van der Waals surface area contributed by atoms with Gasteiger partial charge in [0.05, 0.1) is 4.47 Å². The zero-order valence-corrected chi connectivity index (χ0v) is 10.2. The van der Waals surface area contributed by atoms with E-state index in [4.69, 9.17) is 0 Å². The lowest BCUT2D eigenvalue weighted by Gasteiger charge is -2.24. The summed E-state index contributed by atoms with van der Waals surface area (Å²) in [4.78, 5) is 0. The molecule has 0 amide bonds. The minimum Gasteiger partial charge on any atom is -0.505 e. The van der Waals surface area contributed by atoms with Crippen LogP contribution in [0.25, 0.3) is 0 Å². The molecule has 0 spiro atoms. The number of piperidine rings is 1. The maximum atomic E-state index is 13.3. The number of hydrogen-bond acceptors (Lipinski definition) is 2. The molecule has 0 aromatic heterocycles. The predicted octanol–water partition coefficient (Wildman–Crippen LogP) is 3.25. The van der Waals surface area contributed by atoms with Crippen molar-refractivity contribution in [3.63, 3.8) is 0 Å². The molecule has 0 bridgehead atoms. The van der Waals surface area contributed by atoms with E-state index in [1.54, 1.807) is 0 Å². The molecule has 88 valence electrons. The Kier molecular flexibility index (Phi) is 3.44. The number of rotatable bonds is 1. The first-order valence-electron chi connectivity index (χ1n) is 5.21. The van der Waals surface area contributed by atoms with Crippen molar-refractivity contribution < 1.29 is 13.9 Å². The average Bonchev–Trinajstić information content (AvgIpc) is 2.32. The quantitative estimate of drug-likeness (QED) is 0.779. The van der Waals surface area contributed by atoms with Gasteiger partial charge in [-0.1, -0.05) is 6.42 Å². The lowest BCUT2D eigenvalue weighted by atomic mass is 9.96. The Bertz CT molecular complexity index is 405. The van der Waals surface area contributed by atoms with Gasteiger partial charge in [-0.15, -0.1) is 0 Å². The van der Waals surface area contributed by atoms with E-state index in [9.17, 15) is 13.9 Å². The summed E-state index contributed by atoms with van der Waals surface area (Å²) < 4.78 is 26.5. The fraction of sp³-hybridized carbons (Fsp3) is 0.455. The zero-order chi connectivity index (χ0) is 11.7. The number of phenols is 1. The highest BCUT2D eigenvalue weighted by Gasteiger charge is 2.23. The molecule has 0 unspecified atom stereocenters. The molecule has 1 aliphatic heterocycles. The van der Waals surface area contributed by atoms with Crippen molar-refractivity contribution in [1.29, 1.82) is 0 Å². The van der Waals surface area contributed by atoms with Crippen LogP contribution in [-0.2, 0) is 0 Å². The normalized spacial score (nSPS) is 21.1. The second-order valence-corrected chi connectivity index (χ2v) is 4.78. The van der Waals surface area contributed by atoms with Crippen LogP contribution in [0.4, 0.5) is 8.78 Å². The van der Waals surface area contributed by atoms with Crippen LogP contribution in [0.1, 0.15) is 30.9 Å².